The number of rotatable bonds is 3. The number of halogens is 3. The lowest BCUT2D eigenvalue weighted by Crippen LogP contribution is -2.14. The molecule has 0 bridgehead atoms. The van der Waals surface area contributed by atoms with E-state index < -0.39 is 15.8 Å². The molecule has 2 rings (SSSR count). The fraction of sp³-hybridized carbons (Fsp3) is 0. The number of nitrogens with one attached hydrogen (secondary N) is 1. The fourth-order valence-corrected chi connectivity index (χ4v) is 3.20. The Labute approximate surface area is 122 Å². The van der Waals surface area contributed by atoms with Crippen molar-refractivity contribution in [1.82, 2.24) is 4.98 Å². The minimum absolute atomic E-state index is 0.164. The third-order valence-corrected chi connectivity index (χ3v) is 4.49. The van der Waals surface area contributed by atoms with E-state index in [4.69, 9.17) is 11.6 Å². The third kappa shape index (κ3) is 3.23. The quantitative estimate of drug-likeness (QED) is 0.848. The SMILES string of the molecule is O=S(=O)(Nc1ccc(Br)cc1F)c1cccnc1Cl. The van der Waals surface area contributed by atoms with Gasteiger partial charge in [-0.1, -0.05) is 27.5 Å². The third-order valence-electron chi connectivity index (χ3n) is 2.19. The topological polar surface area (TPSA) is 59.1 Å². The Kier molecular flexibility index (Phi) is 4.07. The van der Waals surface area contributed by atoms with Crippen LogP contribution in [0.1, 0.15) is 0 Å². The normalized spacial score (nSPS) is 11.3. The first kappa shape index (κ1) is 14.2. The molecule has 0 aliphatic carbocycles. The summed E-state index contributed by atoms with van der Waals surface area (Å²) in [5.41, 5.74) is -0.164. The van der Waals surface area contributed by atoms with Crippen molar-refractivity contribution < 1.29 is 12.8 Å². The molecule has 4 nitrogen and oxygen atoms in total. The summed E-state index contributed by atoms with van der Waals surface area (Å²) in [6.45, 7) is 0. The number of hydrogen-bond acceptors (Lipinski definition) is 3. The Bertz CT molecular complexity index is 724. The van der Waals surface area contributed by atoms with Gasteiger partial charge in [0.1, 0.15) is 15.9 Å². The molecule has 0 fully saturated rings. The van der Waals surface area contributed by atoms with Crippen LogP contribution >= 0.6 is 27.5 Å². The van der Waals surface area contributed by atoms with Crippen LogP contribution in [0, 0.1) is 5.82 Å². The number of nitrogens with zero attached hydrogens (tertiary/aromatic N) is 1. The van der Waals surface area contributed by atoms with E-state index in [-0.39, 0.29) is 15.7 Å². The Morgan fingerprint density at radius 1 is 1.32 bits per heavy atom. The Hall–Kier alpha value is -1.18. The molecular weight excluding hydrogens is 359 g/mol. The minimum Gasteiger partial charge on any atom is -0.277 e. The van der Waals surface area contributed by atoms with Crippen molar-refractivity contribution >= 4 is 43.2 Å². The molecule has 0 atom stereocenters. The number of anilines is 1. The van der Waals surface area contributed by atoms with Crippen molar-refractivity contribution in [2.75, 3.05) is 4.72 Å². The van der Waals surface area contributed by atoms with E-state index in [0.29, 0.717) is 4.47 Å². The summed E-state index contributed by atoms with van der Waals surface area (Å²) >= 11 is 8.79. The molecule has 1 heterocycles. The van der Waals surface area contributed by atoms with E-state index in [0.717, 1.165) is 6.07 Å². The number of aromatic nitrogens is 1. The highest BCUT2D eigenvalue weighted by Crippen LogP contribution is 2.24. The average molecular weight is 366 g/mol. The molecule has 0 saturated heterocycles. The maximum atomic E-state index is 13.6. The predicted molar refractivity (Wildman–Crippen MR) is 74.2 cm³/mol. The second-order valence-corrected chi connectivity index (χ2v) is 6.45. The minimum atomic E-state index is -3.98. The van der Waals surface area contributed by atoms with Crippen LogP contribution in [0.15, 0.2) is 45.9 Å². The molecule has 0 saturated carbocycles. The van der Waals surface area contributed by atoms with E-state index in [1.165, 1.54) is 30.5 Å². The van der Waals surface area contributed by atoms with Crippen LogP contribution in [0.25, 0.3) is 0 Å². The maximum Gasteiger partial charge on any atom is 0.265 e. The molecule has 2 aromatic rings. The zero-order valence-electron chi connectivity index (χ0n) is 9.27. The Morgan fingerprint density at radius 2 is 2.05 bits per heavy atom. The van der Waals surface area contributed by atoms with Crippen LogP contribution in [0.5, 0.6) is 0 Å². The molecule has 1 aromatic heterocycles. The van der Waals surface area contributed by atoms with Gasteiger partial charge in [0.05, 0.1) is 5.69 Å². The van der Waals surface area contributed by atoms with Gasteiger partial charge in [-0.25, -0.2) is 17.8 Å². The highest BCUT2D eigenvalue weighted by molar-refractivity contribution is 9.10. The van der Waals surface area contributed by atoms with Crippen LogP contribution in [0.2, 0.25) is 5.15 Å². The molecule has 19 heavy (non-hydrogen) atoms. The summed E-state index contributed by atoms with van der Waals surface area (Å²) in [6.07, 6.45) is 1.36. The fourth-order valence-electron chi connectivity index (χ4n) is 1.34. The molecule has 0 unspecified atom stereocenters. The first-order chi connectivity index (χ1) is 8.90. The molecule has 1 N–H and O–H groups in total. The first-order valence-corrected chi connectivity index (χ1v) is 7.64. The molecule has 0 amide bonds. The van der Waals surface area contributed by atoms with Crippen LogP contribution in [-0.2, 0) is 10.0 Å². The number of benzene rings is 1. The summed E-state index contributed by atoms with van der Waals surface area (Å²) in [4.78, 5) is 3.46. The summed E-state index contributed by atoms with van der Waals surface area (Å²) in [5, 5.41) is -0.174. The van der Waals surface area contributed by atoms with Crippen molar-refractivity contribution in [3.63, 3.8) is 0 Å². The lowest BCUT2D eigenvalue weighted by molar-refractivity contribution is 0.598. The number of hydrogen-bond donors (Lipinski definition) is 1. The van der Waals surface area contributed by atoms with Gasteiger partial charge in [0.25, 0.3) is 10.0 Å². The Morgan fingerprint density at radius 3 is 2.68 bits per heavy atom. The molecule has 8 heteroatoms. The molecule has 0 radical (unpaired) electrons. The van der Waals surface area contributed by atoms with Crippen molar-refractivity contribution in [1.29, 1.82) is 0 Å². The van der Waals surface area contributed by atoms with Gasteiger partial charge in [0, 0.05) is 10.7 Å². The van der Waals surface area contributed by atoms with E-state index in [2.05, 4.69) is 25.6 Å². The van der Waals surface area contributed by atoms with Gasteiger partial charge < -0.3 is 0 Å². The van der Waals surface area contributed by atoms with Crippen molar-refractivity contribution in [3.8, 4) is 0 Å². The van der Waals surface area contributed by atoms with E-state index in [9.17, 15) is 12.8 Å². The van der Waals surface area contributed by atoms with Crippen LogP contribution < -0.4 is 4.72 Å². The molecule has 0 aliphatic rings. The monoisotopic (exact) mass is 364 g/mol. The van der Waals surface area contributed by atoms with Crippen molar-refractivity contribution in [2.45, 2.75) is 4.90 Å². The van der Waals surface area contributed by atoms with Gasteiger partial charge in [-0.2, -0.15) is 0 Å². The largest absolute Gasteiger partial charge is 0.277 e. The van der Waals surface area contributed by atoms with Gasteiger partial charge in [-0.3, -0.25) is 4.72 Å². The summed E-state index contributed by atoms with van der Waals surface area (Å²) < 4.78 is 40.3. The van der Waals surface area contributed by atoms with Crippen LogP contribution in [0.3, 0.4) is 0 Å². The van der Waals surface area contributed by atoms with E-state index >= 15 is 0 Å². The predicted octanol–water partition coefficient (Wildman–Crippen LogP) is 3.44. The summed E-state index contributed by atoms with van der Waals surface area (Å²) in [5.74, 6) is -0.696. The molecular formula is C11H7BrClFN2O2S. The standard InChI is InChI=1S/C11H7BrClFN2O2S/c12-7-3-4-9(8(14)6-7)16-19(17,18)10-2-1-5-15-11(10)13/h1-6,16H. The lowest BCUT2D eigenvalue weighted by Gasteiger charge is -2.09. The van der Waals surface area contributed by atoms with Crippen LogP contribution in [-0.4, -0.2) is 13.4 Å². The highest BCUT2D eigenvalue weighted by atomic mass is 79.9. The van der Waals surface area contributed by atoms with Crippen molar-refractivity contribution in [3.05, 3.63) is 52.0 Å². The summed E-state index contributed by atoms with van der Waals surface area (Å²) in [7, 11) is -3.98. The van der Waals surface area contributed by atoms with Gasteiger partial charge in [0.2, 0.25) is 0 Å². The first-order valence-electron chi connectivity index (χ1n) is 4.98. The van der Waals surface area contributed by atoms with Gasteiger partial charge in [-0.05, 0) is 30.3 Å². The average Bonchev–Trinajstić information content (AvgIpc) is 2.33. The lowest BCUT2D eigenvalue weighted by atomic mass is 10.3. The number of sulfonamides is 1. The Balaban J connectivity index is 2.40. The second kappa shape index (κ2) is 5.44. The van der Waals surface area contributed by atoms with Gasteiger partial charge in [-0.15, -0.1) is 0 Å². The zero-order valence-corrected chi connectivity index (χ0v) is 12.4. The van der Waals surface area contributed by atoms with Crippen LogP contribution in [0.4, 0.5) is 10.1 Å². The molecule has 0 spiro atoms. The van der Waals surface area contributed by atoms with Gasteiger partial charge in [0.15, 0.2) is 0 Å². The zero-order chi connectivity index (χ0) is 14.0. The van der Waals surface area contributed by atoms with E-state index in [1.807, 2.05) is 0 Å². The summed E-state index contributed by atoms with van der Waals surface area (Å²) in [6, 6.07) is 6.70. The van der Waals surface area contributed by atoms with Crippen molar-refractivity contribution in [2.24, 2.45) is 0 Å². The molecule has 1 aromatic carbocycles. The van der Waals surface area contributed by atoms with Gasteiger partial charge >= 0.3 is 0 Å². The van der Waals surface area contributed by atoms with E-state index in [1.54, 1.807) is 0 Å². The maximum absolute atomic E-state index is 13.6. The second-order valence-electron chi connectivity index (χ2n) is 3.52. The smallest absolute Gasteiger partial charge is 0.265 e. The molecule has 0 aliphatic heterocycles. The molecule has 100 valence electrons. The number of pyridine rings is 1. The highest BCUT2D eigenvalue weighted by Gasteiger charge is 2.19.